The van der Waals surface area contributed by atoms with Crippen LogP contribution in [-0.4, -0.2) is 46.5 Å². The standard InChI is InChI=1S/C30H37F2N5O2/c31-25-15-24-27(16-26(25)32)35-19-37(29(24)39)17-22-9-13-36(18-30(22)10-4-5-11-30)28(21-6-2-1-3-7-21)14-23(33)8-12-34-20-38/h1-3,6-7,15-16,19-20,22-23,28H,4-5,8-14,17-18,33H2,(H,34,38). The largest absolute Gasteiger partial charge is 0.359 e. The van der Waals surface area contributed by atoms with Crippen molar-refractivity contribution >= 4 is 17.3 Å². The molecule has 0 bridgehead atoms. The van der Waals surface area contributed by atoms with E-state index in [0.717, 1.165) is 63.7 Å². The number of carbonyl (C=O) groups excluding carboxylic acids is 1. The number of piperidine rings is 1. The lowest BCUT2D eigenvalue weighted by Crippen LogP contribution is -2.51. The Labute approximate surface area is 227 Å². The first-order valence-corrected chi connectivity index (χ1v) is 14.0. The summed E-state index contributed by atoms with van der Waals surface area (Å²) in [5.41, 5.74) is 7.69. The summed E-state index contributed by atoms with van der Waals surface area (Å²) in [6, 6.07) is 12.5. The van der Waals surface area contributed by atoms with Crippen molar-refractivity contribution in [3.63, 3.8) is 0 Å². The molecule has 1 spiro atoms. The molecule has 39 heavy (non-hydrogen) atoms. The fourth-order valence-corrected chi connectivity index (χ4v) is 6.86. The van der Waals surface area contributed by atoms with E-state index in [4.69, 9.17) is 5.73 Å². The number of hydrogen-bond donors (Lipinski definition) is 2. The number of nitrogens with zero attached hydrogens (tertiary/aromatic N) is 3. The van der Waals surface area contributed by atoms with Gasteiger partial charge in [0.15, 0.2) is 11.6 Å². The Morgan fingerprint density at radius 2 is 1.90 bits per heavy atom. The van der Waals surface area contributed by atoms with Crippen molar-refractivity contribution < 1.29 is 13.6 Å². The smallest absolute Gasteiger partial charge is 0.261 e. The zero-order valence-corrected chi connectivity index (χ0v) is 22.2. The monoisotopic (exact) mass is 537 g/mol. The molecule has 3 N–H and O–H groups in total. The second-order valence-electron chi connectivity index (χ2n) is 11.3. The fraction of sp³-hybridized carbons (Fsp3) is 0.500. The molecule has 1 aromatic heterocycles. The third kappa shape index (κ3) is 5.89. The molecule has 2 aromatic carbocycles. The minimum absolute atomic E-state index is 0.0487. The number of halogens is 2. The van der Waals surface area contributed by atoms with Crippen LogP contribution in [0, 0.1) is 23.0 Å². The molecule has 1 amide bonds. The molecule has 2 aliphatic rings. The number of likely N-dealkylation sites (tertiary alicyclic amines) is 1. The van der Waals surface area contributed by atoms with E-state index in [-0.39, 0.29) is 39.9 Å². The average molecular weight is 538 g/mol. The van der Waals surface area contributed by atoms with Crippen molar-refractivity contribution in [1.29, 1.82) is 0 Å². The Morgan fingerprint density at radius 1 is 1.15 bits per heavy atom. The molecule has 2 heterocycles. The lowest BCUT2D eigenvalue weighted by Gasteiger charge is -2.49. The molecular formula is C30H37F2N5O2. The van der Waals surface area contributed by atoms with Gasteiger partial charge in [-0.3, -0.25) is 19.1 Å². The molecule has 0 radical (unpaired) electrons. The molecule has 3 aromatic rings. The van der Waals surface area contributed by atoms with Crippen LogP contribution in [-0.2, 0) is 11.3 Å². The summed E-state index contributed by atoms with van der Waals surface area (Å²) < 4.78 is 29.2. The second kappa shape index (κ2) is 11.9. The summed E-state index contributed by atoms with van der Waals surface area (Å²) in [7, 11) is 0. The third-order valence-corrected chi connectivity index (χ3v) is 8.93. The van der Waals surface area contributed by atoms with E-state index in [0.29, 0.717) is 25.9 Å². The van der Waals surface area contributed by atoms with Crippen molar-refractivity contribution in [2.45, 2.75) is 63.6 Å². The van der Waals surface area contributed by atoms with E-state index in [1.807, 2.05) is 6.07 Å². The minimum Gasteiger partial charge on any atom is -0.359 e. The van der Waals surface area contributed by atoms with Crippen LogP contribution in [0.25, 0.3) is 10.9 Å². The summed E-state index contributed by atoms with van der Waals surface area (Å²) in [4.78, 5) is 30.8. The van der Waals surface area contributed by atoms with E-state index in [1.165, 1.54) is 11.9 Å². The Balaban J connectivity index is 1.38. The first kappa shape index (κ1) is 27.4. The van der Waals surface area contributed by atoms with Crippen LogP contribution in [0.15, 0.2) is 53.6 Å². The zero-order chi connectivity index (χ0) is 27.4. The highest BCUT2D eigenvalue weighted by molar-refractivity contribution is 5.77. The van der Waals surface area contributed by atoms with Gasteiger partial charge in [-0.1, -0.05) is 43.2 Å². The first-order chi connectivity index (χ1) is 18.9. The van der Waals surface area contributed by atoms with Crippen molar-refractivity contribution in [2.24, 2.45) is 17.1 Å². The number of aromatic nitrogens is 2. The number of hydrogen-bond acceptors (Lipinski definition) is 5. The van der Waals surface area contributed by atoms with E-state index in [9.17, 15) is 18.4 Å². The number of carbonyl (C=O) groups is 1. The van der Waals surface area contributed by atoms with E-state index < -0.39 is 11.6 Å². The molecule has 2 fully saturated rings. The molecule has 5 rings (SSSR count). The average Bonchev–Trinajstić information content (AvgIpc) is 3.40. The fourth-order valence-electron chi connectivity index (χ4n) is 6.86. The van der Waals surface area contributed by atoms with Gasteiger partial charge in [-0.15, -0.1) is 0 Å². The van der Waals surface area contributed by atoms with Crippen molar-refractivity contribution in [2.75, 3.05) is 19.6 Å². The van der Waals surface area contributed by atoms with Crippen molar-refractivity contribution in [1.82, 2.24) is 19.8 Å². The predicted octanol–water partition coefficient (Wildman–Crippen LogP) is 4.15. The maximum absolute atomic E-state index is 13.9. The first-order valence-electron chi connectivity index (χ1n) is 14.0. The van der Waals surface area contributed by atoms with Crippen molar-refractivity contribution in [3.8, 4) is 0 Å². The lowest BCUT2D eigenvalue weighted by molar-refractivity contribution is -0.109. The van der Waals surface area contributed by atoms with E-state index in [2.05, 4.69) is 39.5 Å². The normalized spacial score (nSPS) is 20.7. The van der Waals surface area contributed by atoms with Crippen LogP contribution in [0.5, 0.6) is 0 Å². The van der Waals surface area contributed by atoms with E-state index in [1.54, 1.807) is 4.57 Å². The maximum Gasteiger partial charge on any atom is 0.261 e. The van der Waals surface area contributed by atoms with Crippen molar-refractivity contribution in [3.05, 3.63) is 76.3 Å². The molecule has 208 valence electrons. The summed E-state index contributed by atoms with van der Waals surface area (Å²) in [5.74, 6) is -1.76. The van der Waals surface area contributed by atoms with Gasteiger partial charge in [-0.2, -0.15) is 0 Å². The van der Waals surface area contributed by atoms with Gasteiger partial charge in [-0.25, -0.2) is 13.8 Å². The number of amides is 1. The van der Waals surface area contributed by atoms with Crippen LogP contribution in [0.4, 0.5) is 8.78 Å². The molecule has 3 atom stereocenters. The SMILES string of the molecule is NC(CCNC=O)CC(c1ccccc1)N1CCC(Cn2cnc3cc(F)c(F)cc3c2=O)C2(CCCC2)C1. The number of nitrogens with one attached hydrogen (secondary N) is 1. The molecule has 1 saturated heterocycles. The molecule has 1 aliphatic heterocycles. The van der Waals surface area contributed by atoms with Gasteiger partial charge in [0.2, 0.25) is 6.41 Å². The van der Waals surface area contributed by atoms with Gasteiger partial charge in [0.05, 0.1) is 17.2 Å². The Morgan fingerprint density at radius 3 is 2.64 bits per heavy atom. The van der Waals surface area contributed by atoms with Crippen LogP contribution in [0.2, 0.25) is 0 Å². The van der Waals surface area contributed by atoms with E-state index >= 15 is 0 Å². The summed E-state index contributed by atoms with van der Waals surface area (Å²) in [5, 5.41) is 2.82. The van der Waals surface area contributed by atoms with Crippen LogP contribution >= 0.6 is 0 Å². The predicted molar refractivity (Wildman–Crippen MR) is 147 cm³/mol. The zero-order valence-electron chi connectivity index (χ0n) is 22.2. The molecule has 3 unspecified atom stereocenters. The maximum atomic E-state index is 13.9. The van der Waals surface area contributed by atoms with Gasteiger partial charge in [0.1, 0.15) is 0 Å². The molecule has 7 nitrogen and oxygen atoms in total. The second-order valence-corrected chi connectivity index (χ2v) is 11.3. The van der Waals surface area contributed by atoms with Crippen LogP contribution in [0.1, 0.15) is 56.6 Å². The number of fused-ring (bicyclic) bond motifs is 1. The Kier molecular flexibility index (Phi) is 8.37. The van der Waals surface area contributed by atoms with Gasteiger partial charge < -0.3 is 11.1 Å². The Hall–Kier alpha value is -3.17. The van der Waals surface area contributed by atoms with Gasteiger partial charge in [0, 0.05) is 37.8 Å². The summed E-state index contributed by atoms with van der Waals surface area (Å²) in [6.07, 6.45) is 9.14. The Bertz CT molecular complexity index is 1340. The molecule has 1 aliphatic carbocycles. The highest BCUT2D eigenvalue weighted by Gasteiger charge is 2.46. The van der Waals surface area contributed by atoms with Crippen LogP contribution < -0.4 is 16.6 Å². The minimum atomic E-state index is -1.04. The summed E-state index contributed by atoms with van der Waals surface area (Å²) >= 11 is 0. The van der Waals surface area contributed by atoms with Gasteiger partial charge in [-0.05, 0) is 61.6 Å². The highest BCUT2D eigenvalue weighted by atomic mass is 19.2. The topological polar surface area (TPSA) is 93.2 Å². The number of benzene rings is 2. The molecule has 1 saturated carbocycles. The number of rotatable bonds is 10. The molecular weight excluding hydrogens is 500 g/mol. The van der Waals surface area contributed by atoms with Gasteiger partial charge >= 0.3 is 0 Å². The highest BCUT2D eigenvalue weighted by Crippen LogP contribution is 2.50. The quantitative estimate of drug-likeness (QED) is 0.299. The summed E-state index contributed by atoms with van der Waals surface area (Å²) in [6.45, 7) is 2.87. The van der Waals surface area contributed by atoms with Crippen LogP contribution in [0.3, 0.4) is 0 Å². The third-order valence-electron chi connectivity index (χ3n) is 8.93. The molecule has 9 heteroatoms. The number of nitrogens with two attached hydrogens (primary N) is 1. The lowest BCUT2D eigenvalue weighted by atomic mass is 9.69. The van der Waals surface area contributed by atoms with Gasteiger partial charge in [0.25, 0.3) is 5.56 Å².